The van der Waals surface area contributed by atoms with Crippen molar-refractivity contribution in [2.45, 2.75) is 49.7 Å². The van der Waals surface area contributed by atoms with Crippen LogP contribution < -0.4 is 15.8 Å². The Kier molecular flexibility index (Phi) is 4.66. The van der Waals surface area contributed by atoms with Gasteiger partial charge in [0.1, 0.15) is 5.69 Å². The topological polar surface area (TPSA) is 149 Å². The molecule has 0 radical (unpaired) electrons. The number of aromatic nitrogens is 1. The molecule has 0 atom stereocenters. The number of allylic oxidation sites excluding steroid dienone is 1. The largest absolute Gasteiger partial charge is 0.446 e. The third kappa shape index (κ3) is 4.13. The van der Waals surface area contributed by atoms with E-state index in [9.17, 15) is 23.1 Å². The lowest BCUT2D eigenvalue weighted by molar-refractivity contribution is -0.119. The van der Waals surface area contributed by atoms with Crippen molar-refractivity contribution in [2.75, 3.05) is 11.5 Å². The molecule has 2 heterocycles. The van der Waals surface area contributed by atoms with Crippen LogP contribution in [-0.2, 0) is 20.2 Å². The van der Waals surface area contributed by atoms with E-state index < -0.39 is 32.8 Å². The van der Waals surface area contributed by atoms with Gasteiger partial charge in [-0.25, -0.2) is 13.4 Å². The Morgan fingerprint density at radius 3 is 2.48 bits per heavy atom. The quantitative estimate of drug-likeness (QED) is 0.535. The van der Waals surface area contributed by atoms with Gasteiger partial charge in [-0.15, -0.1) is 0 Å². The highest BCUT2D eigenvalue weighted by Crippen LogP contribution is 2.44. The Labute approximate surface area is 168 Å². The van der Waals surface area contributed by atoms with Crippen molar-refractivity contribution < 1.29 is 27.9 Å². The monoisotopic (exact) mass is 421 g/mol. The van der Waals surface area contributed by atoms with Gasteiger partial charge < -0.3 is 20.9 Å². The molecule has 2 aliphatic carbocycles. The molecule has 2 saturated carbocycles. The van der Waals surface area contributed by atoms with Crippen LogP contribution in [0.25, 0.3) is 0 Å². The normalized spacial score (nSPS) is 22.6. The lowest BCUT2D eigenvalue weighted by Gasteiger charge is -2.40. The van der Waals surface area contributed by atoms with Crippen LogP contribution in [0.4, 0.5) is 0 Å². The van der Waals surface area contributed by atoms with Crippen LogP contribution in [0, 0.1) is 0 Å². The minimum atomic E-state index is -3.31. The van der Waals surface area contributed by atoms with E-state index in [-0.39, 0.29) is 29.5 Å². The fraction of sp³-hybridized carbons (Fsp3) is 0.526. The van der Waals surface area contributed by atoms with Gasteiger partial charge in [-0.2, -0.15) is 0 Å². The average molecular weight is 421 g/mol. The van der Waals surface area contributed by atoms with Crippen molar-refractivity contribution in [3.63, 3.8) is 0 Å². The number of ether oxygens (including phenoxy) is 1. The van der Waals surface area contributed by atoms with Crippen molar-refractivity contribution in [2.24, 2.45) is 5.73 Å². The fourth-order valence-corrected chi connectivity index (χ4v) is 5.73. The van der Waals surface area contributed by atoms with E-state index in [1.807, 2.05) is 0 Å². The second-order valence-electron chi connectivity index (χ2n) is 8.24. The minimum Gasteiger partial charge on any atom is -0.446 e. The molecule has 3 aliphatic rings. The lowest BCUT2D eigenvalue weighted by atomic mass is 9.75. The van der Waals surface area contributed by atoms with E-state index in [1.54, 1.807) is 12.3 Å². The lowest BCUT2D eigenvalue weighted by Crippen LogP contribution is -2.66. The molecule has 0 aromatic carbocycles. The van der Waals surface area contributed by atoms with Crippen LogP contribution in [-0.4, -0.2) is 47.4 Å². The summed E-state index contributed by atoms with van der Waals surface area (Å²) in [6, 6.07) is 3.07. The van der Waals surface area contributed by atoms with Gasteiger partial charge in [0, 0.05) is 5.56 Å². The van der Waals surface area contributed by atoms with E-state index in [1.165, 1.54) is 6.07 Å². The minimum absolute atomic E-state index is 0.00835. The summed E-state index contributed by atoms with van der Waals surface area (Å²) in [5.41, 5.74) is 4.64. The van der Waals surface area contributed by atoms with Gasteiger partial charge in [-0.05, 0) is 49.8 Å². The molecule has 10 heteroatoms. The number of pyridine rings is 1. The smallest absolute Gasteiger partial charge is 0.270 e. The van der Waals surface area contributed by atoms with E-state index >= 15 is 0 Å². The Morgan fingerprint density at radius 2 is 1.97 bits per heavy atom. The number of carbonyl (C=O) groups is 2. The first kappa shape index (κ1) is 19.8. The van der Waals surface area contributed by atoms with Crippen molar-refractivity contribution in [1.82, 2.24) is 10.3 Å². The third-order valence-electron chi connectivity index (χ3n) is 5.53. The number of aliphatic hydroxyl groups is 1. The van der Waals surface area contributed by atoms with Gasteiger partial charge in [0.15, 0.2) is 9.84 Å². The van der Waals surface area contributed by atoms with Gasteiger partial charge in [-0.1, -0.05) is 0 Å². The molecule has 1 aromatic rings. The summed E-state index contributed by atoms with van der Waals surface area (Å²) < 4.78 is 28.9. The molecule has 1 aromatic heterocycles. The summed E-state index contributed by atoms with van der Waals surface area (Å²) in [6.07, 6.45) is 5.28. The summed E-state index contributed by atoms with van der Waals surface area (Å²) in [6.45, 7) is 0. The molecule has 0 unspecified atom stereocenters. The van der Waals surface area contributed by atoms with Crippen LogP contribution in [0.2, 0.25) is 0 Å². The maximum absolute atomic E-state index is 12.7. The molecule has 9 nitrogen and oxygen atoms in total. The van der Waals surface area contributed by atoms with E-state index in [0.717, 1.165) is 24.8 Å². The molecule has 0 spiro atoms. The van der Waals surface area contributed by atoms with Crippen molar-refractivity contribution in [3.8, 4) is 5.88 Å². The summed E-state index contributed by atoms with van der Waals surface area (Å²) in [5.74, 6) is -1.86. The zero-order valence-corrected chi connectivity index (χ0v) is 16.6. The zero-order chi connectivity index (χ0) is 20.9. The van der Waals surface area contributed by atoms with Crippen LogP contribution >= 0.6 is 0 Å². The Balaban J connectivity index is 1.58. The number of hydrogen-bond donors (Lipinski definition) is 3. The summed E-state index contributed by atoms with van der Waals surface area (Å²) in [4.78, 5) is 28.4. The molecule has 156 valence electrons. The summed E-state index contributed by atoms with van der Waals surface area (Å²) in [7, 11) is -3.31. The summed E-state index contributed by atoms with van der Waals surface area (Å²) in [5, 5.41) is 13.3. The van der Waals surface area contributed by atoms with Crippen LogP contribution in [0.5, 0.6) is 5.88 Å². The third-order valence-corrected chi connectivity index (χ3v) is 7.52. The summed E-state index contributed by atoms with van der Waals surface area (Å²) >= 11 is 0. The fourth-order valence-electron chi connectivity index (χ4n) is 3.78. The zero-order valence-electron chi connectivity index (χ0n) is 15.8. The Morgan fingerprint density at radius 1 is 1.28 bits per heavy atom. The van der Waals surface area contributed by atoms with Crippen LogP contribution in [0.15, 0.2) is 24.0 Å². The SMILES string of the molecule is NC(=O)CC1(NC(=O)c2ccc(C3(O)CCC3)c(OC=C3CC3)n2)CS(=O)(=O)C1. The van der Waals surface area contributed by atoms with E-state index in [2.05, 4.69) is 10.3 Å². The molecule has 4 rings (SSSR count). The highest BCUT2D eigenvalue weighted by Gasteiger charge is 2.50. The maximum atomic E-state index is 12.7. The number of nitrogens with two attached hydrogens (primary N) is 1. The predicted molar refractivity (Wildman–Crippen MR) is 103 cm³/mol. The van der Waals surface area contributed by atoms with Gasteiger partial charge >= 0.3 is 0 Å². The number of rotatable bonds is 7. The molecular formula is C19H23N3O6S. The van der Waals surface area contributed by atoms with Gasteiger partial charge in [0.25, 0.3) is 5.91 Å². The Bertz CT molecular complexity index is 995. The van der Waals surface area contributed by atoms with Gasteiger partial charge in [-0.3, -0.25) is 9.59 Å². The molecular weight excluding hydrogens is 398 g/mol. The van der Waals surface area contributed by atoms with E-state index in [4.69, 9.17) is 10.5 Å². The number of primary amides is 1. The number of nitrogens with zero attached hydrogens (tertiary/aromatic N) is 1. The number of sulfone groups is 1. The number of nitrogens with one attached hydrogen (secondary N) is 1. The van der Waals surface area contributed by atoms with Crippen molar-refractivity contribution >= 4 is 21.7 Å². The number of hydrogen-bond acceptors (Lipinski definition) is 7. The van der Waals surface area contributed by atoms with Crippen LogP contribution in [0.1, 0.15) is 54.6 Å². The predicted octanol–water partition coefficient (Wildman–Crippen LogP) is 0.282. The van der Waals surface area contributed by atoms with Crippen molar-refractivity contribution in [1.29, 1.82) is 0 Å². The molecule has 29 heavy (non-hydrogen) atoms. The molecule has 1 aliphatic heterocycles. The standard InChI is InChI=1S/C19H23N3O6S/c20-15(23)8-18(10-29(26,27)11-18)22-16(24)14-5-4-13(19(25)6-1-7-19)17(21-14)28-9-12-2-3-12/h4-5,9,25H,1-3,6-8,10-11H2,(H2,20,23)(H,22,24). The number of carbonyl (C=O) groups excluding carboxylic acids is 2. The van der Waals surface area contributed by atoms with Gasteiger partial charge in [0.05, 0.1) is 35.3 Å². The first-order valence-corrected chi connectivity index (χ1v) is 11.3. The first-order valence-electron chi connectivity index (χ1n) is 9.50. The molecule has 3 fully saturated rings. The Hall–Kier alpha value is -2.46. The average Bonchev–Trinajstić information content (AvgIpc) is 3.39. The van der Waals surface area contributed by atoms with E-state index in [0.29, 0.717) is 18.4 Å². The van der Waals surface area contributed by atoms with Crippen LogP contribution in [0.3, 0.4) is 0 Å². The second kappa shape index (κ2) is 6.81. The molecule has 2 amide bonds. The molecule has 0 bridgehead atoms. The highest BCUT2D eigenvalue weighted by atomic mass is 32.2. The molecule has 4 N–H and O–H groups in total. The van der Waals surface area contributed by atoms with Crippen molar-refractivity contribution in [3.05, 3.63) is 35.2 Å². The van der Waals surface area contributed by atoms with Gasteiger partial charge in [0.2, 0.25) is 11.8 Å². The highest BCUT2D eigenvalue weighted by molar-refractivity contribution is 7.93. The number of amides is 2. The first-order chi connectivity index (χ1) is 13.6. The second-order valence-corrected chi connectivity index (χ2v) is 10.3. The molecule has 1 saturated heterocycles. The maximum Gasteiger partial charge on any atom is 0.270 e.